The normalized spacial score (nSPS) is 18.1. The third kappa shape index (κ3) is 4.19. The van der Waals surface area contributed by atoms with Crippen molar-refractivity contribution in [3.8, 4) is 11.1 Å². The monoisotopic (exact) mass is 453 g/mol. The van der Waals surface area contributed by atoms with Crippen molar-refractivity contribution in [1.82, 2.24) is 4.31 Å². The molecule has 0 unspecified atom stereocenters. The van der Waals surface area contributed by atoms with Gasteiger partial charge in [0, 0.05) is 23.7 Å². The van der Waals surface area contributed by atoms with Crippen molar-refractivity contribution in [3.05, 3.63) is 53.1 Å². The highest BCUT2D eigenvalue weighted by Crippen LogP contribution is 2.41. The lowest BCUT2D eigenvalue weighted by atomic mass is 9.99. The summed E-state index contributed by atoms with van der Waals surface area (Å²) in [6.45, 7) is -0.315. The molecular formula is C17H15ClF3NO4S2. The fourth-order valence-corrected chi connectivity index (χ4v) is 6.09. The Kier molecular flexibility index (Phi) is 5.52. The lowest BCUT2D eigenvalue weighted by Crippen LogP contribution is -2.43. The zero-order chi connectivity index (χ0) is 20.7. The van der Waals surface area contributed by atoms with E-state index in [-0.39, 0.29) is 45.6 Å². The highest BCUT2D eigenvalue weighted by molar-refractivity contribution is 7.92. The van der Waals surface area contributed by atoms with E-state index in [1.54, 1.807) is 0 Å². The minimum absolute atomic E-state index is 0.105. The number of sulfone groups is 1. The van der Waals surface area contributed by atoms with Gasteiger partial charge in [-0.2, -0.15) is 17.5 Å². The molecule has 0 amide bonds. The summed E-state index contributed by atoms with van der Waals surface area (Å²) < 4.78 is 89.2. The van der Waals surface area contributed by atoms with Gasteiger partial charge in [0.1, 0.15) is 0 Å². The van der Waals surface area contributed by atoms with Crippen molar-refractivity contribution in [2.45, 2.75) is 11.1 Å². The van der Waals surface area contributed by atoms with Crippen LogP contribution in [-0.4, -0.2) is 45.7 Å². The minimum Gasteiger partial charge on any atom is -0.229 e. The van der Waals surface area contributed by atoms with Crippen LogP contribution in [0, 0.1) is 0 Å². The van der Waals surface area contributed by atoms with E-state index in [2.05, 4.69) is 0 Å². The molecule has 2 aromatic rings. The van der Waals surface area contributed by atoms with E-state index in [4.69, 9.17) is 11.6 Å². The Morgan fingerprint density at radius 3 is 2.07 bits per heavy atom. The van der Waals surface area contributed by atoms with Gasteiger partial charge in [-0.1, -0.05) is 29.8 Å². The molecule has 152 valence electrons. The number of halogens is 4. The molecule has 5 nitrogen and oxygen atoms in total. The van der Waals surface area contributed by atoms with Crippen molar-refractivity contribution < 1.29 is 30.0 Å². The predicted octanol–water partition coefficient (Wildman–Crippen LogP) is 3.44. The first kappa shape index (κ1) is 21.1. The third-order valence-electron chi connectivity index (χ3n) is 4.40. The van der Waals surface area contributed by atoms with Crippen LogP contribution in [0.2, 0.25) is 5.02 Å². The van der Waals surface area contributed by atoms with Crippen LogP contribution >= 0.6 is 11.6 Å². The van der Waals surface area contributed by atoms with Crippen molar-refractivity contribution in [1.29, 1.82) is 0 Å². The molecule has 3 rings (SSSR count). The molecule has 1 aliphatic rings. The average Bonchev–Trinajstić information content (AvgIpc) is 2.60. The largest absolute Gasteiger partial charge is 0.417 e. The molecule has 1 fully saturated rings. The van der Waals surface area contributed by atoms with Crippen LogP contribution in [0.5, 0.6) is 0 Å². The first-order valence-electron chi connectivity index (χ1n) is 8.08. The second-order valence-electron chi connectivity index (χ2n) is 6.24. The molecule has 0 spiro atoms. The molecule has 0 atom stereocenters. The summed E-state index contributed by atoms with van der Waals surface area (Å²) in [6.07, 6.45) is -4.62. The lowest BCUT2D eigenvalue weighted by Gasteiger charge is -2.26. The minimum atomic E-state index is -4.62. The summed E-state index contributed by atoms with van der Waals surface area (Å²) in [5.41, 5.74) is -1.03. The Bertz CT molecular complexity index is 1080. The van der Waals surface area contributed by atoms with E-state index in [1.165, 1.54) is 36.4 Å². The first-order valence-corrected chi connectivity index (χ1v) is 11.7. The lowest BCUT2D eigenvalue weighted by molar-refractivity contribution is -0.137. The maximum absolute atomic E-state index is 13.3. The molecule has 0 radical (unpaired) electrons. The maximum Gasteiger partial charge on any atom is 0.417 e. The molecule has 1 aliphatic heterocycles. The SMILES string of the molecule is O=S1(=O)CCN(S(=O)(=O)c2ccc(-c3c(Cl)cccc3C(F)(F)F)cc2)CC1. The Hall–Kier alpha value is -1.62. The van der Waals surface area contributed by atoms with Gasteiger partial charge in [0.25, 0.3) is 0 Å². The second-order valence-corrected chi connectivity index (χ2v) is 10.9. The highest BCUT2D eigenvalue weighted by Gasteiger charge is 2.35. The maximum atomic E-state index is 13.3. The van der Waals surface area contributed by atoms with Crippen LogP contribution in [0.1, 0.15) is 5.56 Å². The summed E-state index contributed by atoms with van der Waals surface area (Å²) in [5.74, 6) is -0.530. The van der Waals surface area contributed by atoms with Crippen LogP contribution in [0.3, 0.4) is 0 Å². The molecule has 0 aromatic heterocycles. The van der Waals surface area contributed by atoms with E-state index >= 15 is 0 Å². The molecule has 28 heavy (non-hydrogen) atoms. The van der Waals surface area contributed by atoms with E-state index in [1.807, 2.05) is 0 Å². The fraction of sp³-hybridized carbons (Fsp3) is 0.294. The Balaban J connectivity index is 1.95. The summed E-state index contributed by atoms with van der Waals surface area (Å²) in [7, 11) is -7.20. The molecular weight excluding hydrogens is 439 g/mol. The molecule has 0 N–H and O–H groups in total. The molecule has 0 bridgehead atoms. The Morgan fingerprint density at radius 1 is 0.964 bits per heavy atom. The molecule has 1 heterocycles. The zero-order valence-electron chi connectivity index (χ0n) is 14.3. The van der Waals surface area contributed by atoms with Gasteiger partial charge in [-0.05, 0) is 29.8 Å². The summed E-state index contributed by atoms with van der Waals surface area (Å²) >= 11 is 5.96. The molecule has 0 saturated carbocycles. The molecule has 1 saturated heterocycles. The smallest absolute Gasteiger partial charge is 0.229 e. The van der Waals surface area contributed by atoms with Gasteiger partial charge >= 0.3 is 6.18 Å². The number of sulfonamides is 1. The van der Waals surface area contributed by atoms with Crippen molar-refractivity contribution in [2.75, 3.05) is 24.6 Å². The highest BCUT2D eigenvalue weighted by atomic mass is 35.5. The predicted molar refractivity (Wildman–Crippen MR) is 99.3 cm³/mol. The first-order chi connectivity index (χ1) is 12.9. The average molecular weight is 454 g/mol. The second kappa shape index (κ2) is 7.33. The number of rotatable bonds is 3. The van der Waals surface area contributed by atoms with Gasteiger partial charge in [0.15, 0.2) is 9.84 Å². The standard InChI is InChI=1S/C17H15ClF3NO4S2/c18-15-3-1-2-14(17(19,20)21)16(15)12-4-6-13(7-5-12)28(25,26)22-8-10-27(23,24)11-9-22/h1-7H,8-11H2. The number of hydrogen-bond acceptors (Lipinski definition) is 4. The molecule has 2 aromatic carbocycles. The van der Waals surface area contributed by atoms with E-state index in [0.29, 0.717) is 0 Å². The van der Waals surface area contributed by atoms with Crippen LogP contribution in [0.4, 0.5) is 13.2 Å². The van der Waals surface area contributed by atoms with Gasteiger partial charge in [-0.3, -0.25) is 0 Å². The van der Waals surface area contributed by atoms with Crippen molar-refractivity contribution in [2.24, 2.45) is 0 Å². The quantitative estimate of drug-likeness (QED) is 0.713. The third-order valence-corrected chi connectivity index (χ3v) is 8.24. The van der Waals surface area contributed by atoms with E-state index < -0.39 is 31.6 Å². The topological polar surface area (TPSA) is 71.5 Å². The van der Waals surface area contributed by atoms with Crippen molar-refractivity contribution >= 4 is 31.5 Å². The Labute approximate surface area is 165 Å². The molecule has 11 heteroatoms. The Morgan fingerprint density at radius 2 is 1.54 bits per heavy atom. The van der Waals surface area contributed by atoms with Gasteiger partial charge < -0.3 is 0 Å². The molecule has 0 aliphatic carbocycles. The van der Waals surface area contributed by atoms with Crippen LogP contribution in [0.25, 0.3) is 11.1 Å². The summed E-state index contributed by atoms with van der Waals surface area (Å²) in [5, 5.41) is -0.105. The van der Waals surface area contributed by atoms with E-state index in [9.17, 15) is 30.0 Å². The van der Waals surface area contributed by atoms with Gasteiger partial charge in [-0.25, -0.2) is 16.8 Å². The van der Waals surface area contributed by atoms with Crippen molar-refractivity contribution in [3.63, 3.8) is 0 Å². The van der Waals surface area contributed by atoms with Crippen LogP contribution in [0.15, 0.2) is 47.4 Å². The summed E-state index contributed by atoms with van der Waals surface area (Å²) in [4.78, 5) is -0.129. The number of hydrogen-bond donors (Lipinski definition) is 0. The fourth-order valence-electron chi connectivity index (χ4n) is 2.93. The number of nitrogens with zero attached hydrogens (tertiary/aromatic N) is 1. The zero-order valence-corrected chi connectivity index (χ0v) is 16.7. The van der Waals surface area contributed by atoms with Crippen LogP contribution < -0.4 is 0 Å². The number of benzene rings is 2. The van der Waals surface area contributed by atoms with E-state index in [0.717, 1.165) is 10.4 Å². The van der Waals surface area contributed by atoms with Gasteiger partial charge in [-0.15, -0.1) is 0 Å². The van der Waals surface area contributed by atoms with Gasteiger partial charge in [0.2, 0.25) is 10.0 Å². The van der Waals surface area contributed by atoms with Gasteiger partial charge in [0.05, 0.1) is 22.0 Å². The van der Waals surface area contributed by atoms with Crippen LogP contribution in [-0.2, 0) is 26.0 Å². The summed E-state index contributed by atoms with van der Waals surface area (Å²) in [6, 6.07) is 8.31. The number of alkyl halides is 3.